The Morgan fingerprint density at radius 3 is 3.08 bits per heavy atom. The smallest absolute Gasteiger partial charge is 0.305 e. The third-order valence-electron chi connectivity index (χ3n) is 1.53. The second-order valence-corrected chi connectivity index (χ2v) is 3.32. The Hall–Kier alpha value is -1.60. The van der Waals surface area contributed by atoms with Crippen LogP contribution < -0.4 is 4.87 Å². The van der Waals surface area contributed by atoms with E-state index in [0.717, 1.165) is 21.6 Å². The van der Waals surface area contributed by atoms with Gasteiger partial charge in [0.25, 0.3) is 0 Å². The summed E-state index contributed by atoms with van der Waals surface area (Å²) in [6.45, 7) is 6.77. The van der Waals surface area contributed by atoms with Gasteiger partial charge in [-0.15, -0.1) is 0 Å². The molecule has 0 atom stereocenters. The molecule has 0 radical (unpaired) electrons. The van der Waals surface area contributed by atoms with E-state index in [1.54, 1.807) is 18.2 Å². The van der Waals surface area contributed by atoms with Crippen LogP contribution in [-0.2, 0) is 0 Å². The van der Waals surface area contributed by atoms with Gasteiger partial charge in [0, 0.05) is 4.70 Å². The molecule has 0 saturated carbocycles. The fourth-order valence-electron chi connectivity index (χ4n) is 1.00. The van der Waals surface area contributed by atoms with Crippen molar-refractivity contribution in [2.75, 3.05) is 0 Å². The lowest BCUT2D eigenvalue weighted by atomic mass is 10.3. The number of nitrogens with zero attached hydrogens (tertiary/aromatic N) is 1. The predicted octanol–water partition coefficient (Wildman–Crippen LogP) is 2.14. The molecule has 0 spiro atoms. The van der Waals surface area contributed by atoms with Crippen LogP contribution in [0, 0.1) is 6.57 Å². The molecule has 1 heterocycles. The van der Waals surface area contributed by atoms with Crippen molar-refractivity contribution in [3.8, 4) is 0 Å². The fraction of sp³-hybridized carbons (Fsp3) is 0. The van der Waals surface area contributed by atoms with Crippen molar-refractivity contribution in [2.24, 2.45) is 0 Å². The molecule has 0 saturated heterocycles. The predicted molar refractivity (Wildman–Crippen MR) is 48.7 cm³/mol. The van der Waals surface area contributed by atoms with E-state index in [1.165, 1.54) is 0 Å². The van der Waals surface area contributed by atoms with Crippen LogP contribution in [-0.4, -0.2) is 4.98 Å². The Kier molecular flexibility index (Phi) is 1.45. The van der Waals surface area contributed by atoms with Crippen LogP contribution in [0.4, 0.5) is 5.69 Å². The first-order valence-corrected chi connectivity index (χ1v) is 4.11. The second kappa shape index (κ2) is 2.47. The quantitative estimate of drug-likeness (QED) is 0.613. The Morgan fingerprint density at radius 2 is 2.33 bits per heavy atom. The third kappa shape index (κ3) is 1.00. The van der Waals surface area contributed by atoms with Crippen LogP contribution in [0.5, 0.6) is 0 Å². The summed E-state index contributed by atoms with van der Waals surface area (Å²) in [5, 5.41) is 0. The highest BCUT2D eigenvalue weighted by Crippen LogP contribution is 2.21. The van der Waals surface area contributed by atoms with Crippen LogP contribution in [0.2, 0.25) is 0 Å². The minimum atomic E-state index is -0.0767. The minimum Gasteiger partial charge on any atom is -0.312 e. The van der Waals surface area contributed by atoms with Gasteiger partial charge in [0.15, 0.2) is 5.69 Å². The summed E-state index contributed by atoms with van der Waals surface area (Å²) in [5.74, 6) is 0. The molecule has 2 rings (SSSR count). The summed E-state index contributed by atoms with van der Waals surface area (Å²) in [6.07, 6.45) is 0. The molecule has 0 aliphatic rings. The van der Waals surface area contributed by atoms with Gasteiger partial charge < -0.3 is 4.98 Å². The Balaban J connectivity index is 2.85. The summed E-state index contributed by atoms with van der Waals surface area (Å²) in [4.78, 5) is 16.7. The van der Waals surface area contributed by atoms with Crippen LogP contribution in [0.25, 0.3) is 15.1 Å². The molecular formula is C8H4N2OS. The maximum absolute atomic E-state index is 10.9. The number of H-pyrrole nitrogens is 1. The number of thiazole rings is 1. The summed E-state index contributed by atoms with van der Waals surface area (Å²) < 4.78 is 0.841. The van der Waals surface area contributed by atoms with E-state index >= 15 is 0 Å². The van der Waals surface area contributed by atoms with E-state index in [2.05, 4.69) is 9.83 Å². The average molecular weight is 176 g/mol. The minimum absolute atomic E-state index is 0.0767. The maximum Gasteiger partial charge on any atom is 0.305 e. The molecule has 0 amide bonds. The van der Waals surface area contributed by atoms with Gasteiger partial charge in [-0.3, -0.25) is 4.79 Å². The highest BCUT2D eigenvalue weighted by atomic mass is 32.1. The standard InChI is InChI=1S/C8H4N2OS/c1-9-5-2-3-6-7(4-5)12-8(11)10-6/h2-4H,(H,10,11). The molecule has 0 unspecified atom stereocenters. The molecule has 0 fully saturated rings. The SMILES string of the molecule is [C-]#[N+]c1ccc2[nH]c(=O)sc2c1. The molecule has 0 aliphatic heterocycles. The molecule has 0 aliphatic carbocycles. The first kappa shape index (κ1) is 7.07. The zero-order chi connectivity index (χ0) is 8.55. The molecule has 58 valence electrons. The van der Waals surface area contributed by atoms with Crippen molar-refractivity contribution in [3.63, 3.8) is 0 Å². The van der Waals surface area contributed by atoms with Crippen LogP contribution in [0.1, 0.15) is 0 Å². The molecular weight excluding hydrogens is 172 g/mol. The topological polar surface area (TPSA) is 37.2 Å². The van der Waals surface area contributed by atoms with Gasteiger partial charge in [0.1, 0.15) is 0 Å². The summed E-state index contributed by atoms with van der Waals surface area (Å²) in [7, 11) is 0. The molecule has 1 aromatic carbocycles. The lowest BCUT2D eigenvalue weighted by Crippen LogP contribution is -1.89. The van der Waals surface area contributed by atoms with Gasteiger partial charge in [-0.2, -0.15) is 0 Å². The van der Waals surface area contributed by atoms with Gasteiger partial charge in [-0.05, 0) is 12.1 Å². The monoisotopic (exact) mass is 176 g/mol. The average Bonchev–Trinajstić information content (AvgIpc) is 2.43. The van der Waals surface area contributed by atoms with E-state index in [0.29, 0.717) is 5.69 Å². The molecule has 1 N–H and O–H groups in total. The molecule has 2 aromatic rings. The third-order valence-corrected chi connectivity index (χ3v) is 2.38. The second-order valence-electron chi connectivity index (χ2n) is 2.31. The number of rotatable bonds is 0. The summed E-state index contributed by atoms with van der Waals surface area (Å²) >= 11 is 1.13. The molecule has 12 heavy (non-hydrogen) atoms. The Morgan fingerprint density at radius 1 is 1.50 bits per heavy atom. The van der Waals surface area contributed by atoms with Crippen molar-refractivity contribution in [2.45, 2.75) is 0 Å². The zero-order valence-electron chi connectivity index (χ0n) is 6.00. The lowest BCUT2D eigenvalue weighted by Gasteiger charge is -1.87. The van der Waals surface area contributed by atoms with Gasteiger partial charge in [-0.1, -0.05) is 17.4 Å². The zero-order valence-corrected chi connectivity index (χ0v) is 6.81. The first-order chi connectivity index (χ1) is 5.79. The number of aromatic amines is 1. The van der Waals surface area contributed by atoms with E-state index in [4.69, 9.17) is 6.57 Å². The van der Waals surface area contributed by atoms with E-state index in [1.807, 2.05) is 0 Å². The molecule has 1 aromatic heterocycles. The number of fused-ring (bicyclic) bond motifs is 1. The van der Waals surface area contributed by atoms with E-state index in [9.17, 15) is 4.79 Å². The number of nitrogens with one attached hydrogen (secondary N) is 1. The Labute approximate surface area is 72.1 Å². The van der Waals surface area contributed by atoms with Gasteiger partial charge in [0.05, 0.1) is 12.1 Å². The molecule has 3 nitrogen and oxygen atoms in total. The fourth-order valence-corrected chi connectivity index (χ4v) is 1.77. The highest BCUT2D eigenvalue weighted by molar-refractivity contribution is 7.16. The lowest BCUT2D eigenvalue weighted by molar-refractivity contribution is 1.41. The molecule has 4 heteroatoms. The van der Waals surface area contributed by atoms with Crippen molar-refractivity contribution in [3.05, 3.63) is 39.3 Å². The largest absolute Gasteiger partial charge is 0.312 e. The van der Waals surface area contributed by atoms with Crippen LogP contribution in [0.15, 0.2) is 23.0 Å². The van der Waals surface area contributed by atoms with Crippen LogP contribution >= 0.6 is 11.3 Å². The van der Waals surface area contributed by atoms with Gasteiger partial charge in [0.2, 0.25) is 0 Å². The number of hydrogen-bond acceptors (Lipinski definition) is 2. The normalized spacial score (nSPS) is 9.92. The highest BCUT2D eigenvalue weighted by Gasteiger charge is 1.98. The van der Waals surface area contributed by atoms with Crippen LogP contribution in [0.3, 0.4) is 0 Å². The Bertz CT molecular complexity index is 518. The van der Waals surface area contributed by atoms with Crippen molar-refractivity contribution in [1.29, 1.82) is 0 Å². The first-order valence-electron chi connectivity index (χ1n) is 3.30. The van der Waals surface area contributed by atoms with Crippen molar-refractivity contribution < 1.29 is 0 Å². The molecule has 0 bridgehead atoms. The van der Waals surface area contributed by atoms with Crippen molar-refractivity contribution >= 4 is 27.2 Å². The maximum atomic E-state index is 10.9. The van der Waals surface area contributed by atoms with Gasteiger partial charge >= 0.3 is 4.87 Å². The van der Waals surface area contributed by atoms with E-state index in [-0.39, 0.29) is 4.87 Å². The van der Waals surface area contributed by atoms with Crippen molar-refractivity contribution in [1.82, 2.24) is 4.98 Å². The number of aromatic nitrogens is 1. The number of benzene rings is 1. The summed E-state index contributed by atoms with van der Waals surface area (Å²) in [5.41, 5.74) is 1.37. The summed E-state index contributed by atoms with van der Waals surface area (Å²) in [6, 6.07) is 5.16. The number of hydrogen-bond donors (Lipinski definition) is 1. The van der Waals surface area contributed by atoms with Gasteiger partial charge in [-0.25, -0.2) is 4.85 Å². The van der Waals surface area contributed by atoms with E-state index < -0.39 is 0 Å².